The lowest BCUT2D eigenvalue weighted by Gasteiger charge is -2.38. The number of carbonyl (C=O) groups excluding carboxylic acids is 1. The summed E-state index contributed by atoms with van der Waals surface area (Å²) in [4.78, 5) is 12.6. The van der Waals surface area contributed by atoms with Crippen LogP contribution >= 0.6 is 0 Å². The van der Waals surface area contributed by atoms with Gasteiger partial charge >= 0.3 is 0 Å². The minimum Gasteiger partial charge on any atom is -0.381 e. The van der Waals surface area contributed by atoms with E-state index in [0.717, 1.165) is 41.1 Å². The number of sulfonamides is 1. The summed E-state index contributed by atoms with van der Waals surface area (Å²) in [6.45, 7) is 1.23. The first kappa shape index (κ1) is 21.3. The number of rotatable bonds is 7. The van der Waals surface area contributed by atoms with Crippen LogP contribution in [0.1, 0.15) is 18.4 Å². The van der Waals surface area contributed by atoms with Crippen LogP contribution in [0.15, 0.2) is 54.6 Å². The van der Waals surface area contributed by atoms with Crippen molar-refractivity contribution in [2.24, 2.45) is 0 Å². The van der Waals surface area contributed by atoms with E-state index in [1.165, 1.54) is 12.1 Å². The van der Waals surface area contributed by atoms with Crippen LogP contribution in [0.5, 0.6) is 0 Å². The first-order valence-electron chi connectivity index (χ1n) is 9.43. The molecular weight excluding hydrogens is 395 g/mol. The van der Waals surface area contributed by atoms with Gasteiger partial charge in [-0.1, -0.05) is 30.3 Å². The van der Waals surface area contributed by atoms with Gasteiger partial charge in [-0.25, -0.2) is 12.8 Å². The zero-order valence-electron chi connectivity index (χ0n) is 16.3. The second-order valence-corrected chi connectivity index (χ2v) is 9.19. The van der Waals surface area contributed by atoms with Crippen LogP contribution in [0, 0.1) is 5.82 Å². The van der Waals surface area contributed by atoms with Gasteiger partial charge in [0.25, 0.3) is 0 Å². The maximum absolute atomic E-state index is 13.2. The molecule has 0 aliphatic carbocycles. The number of ether oxygens (including phenoxy) is 1. The Morgan fingerprint density at radius 2 is 1.72 bits per heavy atom. The van der Waals surface area contributed by atoms with Gasteiger partial charge in [-0.05, 0) is 42.7 Å². The van der Waals surface area contributed by atoms with Gasteiger partial charge in [-0.15, -0.1) is 0 Å². The van der Waals surface area contributed by atoms with Crippen molar-refractivity contribution < 1.29 is 22.3 Å². The van der Waals surface area contributed by atoms with Gasteiger partial charge in [0, 0.05) is 25.2 Å². The Balaban J connectivity index is 1.73. The van der Waals surface area contributed by atoms with Gasteiger partial charge in [0.2, 0.25) is 15.9 Å². The number of hydrogen-bond donors (Lipinski definition) is 1. The smallest absolute Gasteiger partial charge is 0.240 e. The Morgan fingerprint density at radius 1 is 1.10 bits per heavy atom. The molecule has 1 amide bonds. The third-order valence-electron chi connectivity index (χ3n) is 5.26. The number of anilines is 1. The fourth-order valence-electron chi connectivity index (χ4n) is 3.58. The van der Waals surface area contributed by atoms with Crippen molar-refractivity contribution >= 4 is 21.6 Å². The Morgan fingerprint density at radius 3 is 2.31 bits per heavy atom. The summed E-state index contributed by atoms with van der Waals surface area (Å²) < 4.78 is 44.0. The highest BCUT2D eigenvalue weighted by atomic mass is 32.2. The van der Waals surface area contributed by atoms with E-state index in [2.05, 4.69) is 5.32 Å². The molecule has 0 atom stereocenters. The molecule has 1 aliphatic heterocycles. The monoisotopic (exact) mass is 420 g/mol. The summed E-state index contributed by atoms with van der Waals surface area (Å²) in [6, 6.07) is 15.0. The highest BCUT2D eigenvalue weighted by molar-refractivity contribution is 7.92. The molecule has 2 aromatic carbocycles. The van der Waals surface area contributed by atoms with E-state index < -0.39 is 21.7 Å². The molecule has 0 saturated carbocycles. The number of carbonyl (C=O) groups is 1. The van der Waals surface area contributed by atoms with Gasteiger partial charge in [0.1, 0.15) is 12.4 Å². The highest BCUT2D eigenvalue weighted by Crippen LogP contribution is 2.34. The summed E-state index contributed by atoms with van der Waals surface area (Å²) in [5.41, 5.74) is 1.12. The molecule has 0 unspecified atom stereocenters. The SMILES string of the molecule is CS(=O)(=O)N(CC(=O)NCC1(c2ccccc2)CCOCC1)c1ccc(F)cc1. The Hall–Kier alpha value is -2.45. The molecule has 1 fully saturated rings. The fraction of sp³-hybridized carbons (Fsp3) is 0.381. The van der Waals surface area contributed by atoms with Crippen LogP contribution in [-0.4, -0.2) is 46.9 Å². The van der Waals surface area contributed by atoms with Gasteiger partial charge in [0.05, 0.1) is 11.9 Å². The van der Waals surface area contributed by atoms with E-state index in [4.69, 9.17) is 4.74 Å². The van der Waals surface area contributed by atoms with Crippen molar-refractivity contribution in [3.63, 3.8) is 0 Å². The van der Waals surface area contributed by atoms with Crippen molar-refractivity contribution in [3.05, 3.63) is 66.0 Å². The molecule has 1 heterocycles. The van der Waals surface area contributed by atoms with Crippen LogP contribution in [-0.2, 0) is 25.0 Å². The minimum atomic E-state index is -3.71. The summed E-state index contributed by atoms with van der Waals surface area (Å²) in [6.07, 6.45) is 2.56. The normalized spacial score (nSPS) is 16.2. The van der Waals surface area contributed by atoms with Crippen molar-refractivity contribution in [2.45, 2.75) is 18.3 Å². The van der Waals surface area contributed by atoms with E-state index in [9.17, 15) is 17.6 Å². The Labute approximate surface area is 170 Å². The van der Waals surface area contributed by atoms with Crippen LogP contribution in [0.25, 0.3) is 0 Å². The topological polar surface area (TPSA) is 75.7 Å². The predicted octanol–water partition coefficient (Wildman–Crippen LogP) is 2.46. The highest BCUT2D eigenvalue weighted by Gasteiger charge is 2.35. The second kappa shape index (κ2) is 8.92. The first-order valence-corrected chi connectivity index (χ1v) is 11.3. The van der Waals surface area contributed by atoms with Crippen LogP contribution in [0.2, 0.25) is 0 Å². The van der Waals surface area contributed by atoms with E-state index in [1.807, 2.05) is 30.3 Å². The lowest BCUT2D eigenvalue weighted by molar-refractivity contribution is -0.120. The van der Waals surface area contributed by atoms with E-state index in [0.29, 0.717) is 19.8 Å². The van der Waals surface area contributed by atoms with E-state index in [1.54, 1.807) is 0 Å². The average molecular weight is 421 g/mol. The Bertz CT molecular complexity index is 927. The van der Waals surface area contributed by atoms with Crippen molar-refractivity contribution in [2.75, 3.05) is 36.9 Å². The lowest BCUT2D eigenvalue weighted by atomic mass is 9.74. The van der Waals surface area contributed by atoms with Crippen molar-refractivity contribution in [1.82, 2.24) is 5.32 Å². The van der Waals surface area contributed by atoms with Crippen molar-refractivity contribution in [3.8, 4) is 0 Å². The number of halogens is 1. The molecule has 0 radical (unpaired) electrons. The molecule has 1 saturated heterocycles. The van der Waals surface area contributed by atoms with Crippen molar-refractivity contribution in [1.29, 1.82) is 0 Å². The maximum Gasteiger partial charge on any atom is 0.240 e. The molecule has 29 heavy (non-hydrogen) atoms. The van der Waals surface area contributed by atoms with E-state index >= 15 is 0 Å². The summed E-state index contributed by atoms with van der Waals surface area (Å²) in [5, 5.41) is 2.90. The molecule has 1 N–H and O–H groups in total. The third kappa shape index (κ3) is 5.33. The predicted molar refractivity (Wildman–Crippen MR) is 110 cm³/mol. The maximum atomic E-state index is 13.2. The lowest BCUT2D eigenvalue weighted by Crippen LogP contribution is -2.47. The third-order valence-corrected chi connectivity index (χ3v) is 6.40. The molecule has 1 aliphatic rings. The Kier molecular flexibility index (Phi) is 6.54. The number of nitrogens with one attached hydrogen (secondary N) is 1. The zero-order valence-corrected chi connectivity index (χ0v) is 17.1. The quantitative estimate of drug-likeness (QED) is 0.747. The number of nitrogens with zero attached hydrogens (tertiary/aromatic N) is 1. The largest absolute Gasteiger partial charge is 0.381 e. The molecule has 156 valence electrons. The zero-order chi connectivity index (χ0) is 20.9. The summed E-state index contributed by atoms with van der Waals surface area (Å²) in [5.74, 6) is -0.891. The van der Waals surface area contributed by atoms with Crippen LogP contribution in [0.4, 0.5) is 10.1 Å². The van der Waals surface area contributed by atoms with Gasteiger partial charge in [-0.3, -0.25) is 9.10 Å². The molecular formula is C21H25FN2O4S. The molecule has 0 aromatic heterocycles. The standard InChI is InChI=1S/C21H25FN2O4S/c1-29(26,27)24(19-9-7-18(22)8-10-19)15-20(25)23-16-21(11-13-28-14-12-21)17-5-3-2-4-6-17/h2-10H,11-16H2,1H3,(H,23,25). The number of hydrogen-bond acceptors (Lipinski definition) is 4. The van der Waals surface area contributed by atoms with Gasteiger partial charge < -0.3 is 10.1 Å². The molecule has 6 nitrogen and oxygen atoms in total. The number of benzene rings is 2. The van der Waals surface area contributed by atoms with Crippen LogP contribution < -0.4 is 9.62 Å². The summed E-state index contributed by atoms with van der Waals surface area (Å²) >= 11 is 0. The van der Waals surface area contributed by atoms with Crippen LogP contribution in [0.3, 0.4) is 0 Å². The van der Waals surface area contributed by atoms with E-state index in [-0.39, 0.29) is 17.6 Å². The average Bonchev–Trinajstić information content (AvgIpc) is 2.72. The fourth-order valence-corrected chi connectivity index (χ4v) is 4.44. The summed E-state index contributed by atoms with van der Waals surface area (Å²) in [7, 11) is -3.71. The molecule has 8 heteroatoms. The second-order valence-electron chi connectivity index (χ2n) is 7.28. The van der Waals surface area contributed by atoms with Gasteiger partial charge in [0.15, 0.2) is 0 Å². The molecule has 0 spiro atoms. The van der Waals surface area contributed by atoms with Gasteiger partial charge in [-0.2, -0.15) is 0 Å². The minimum absolute atomic E-state index is 0.243. The molecule has 2 aromatic rings. The first-order chi connectivity index (χ1) is 13.8. The molecule has 0 bridgehead atoms. The number of amides is 1. The molecule has 3 rings (SSSR count).